The number of allylic oxidation sites excluding steroid dienone is 2. The summed E-state index contributed by atoms with van der Waals surface area (Å²) in [5.41, 5.74) is 0.722. The van der Waals surface area contributed by atoms with Crippen LogP contribution in [0.25, 0.3) is 0 Å². The molecule has 0 N–H and O–H groups in total. The minimum absolute atomic E-state index is 0.258. The number of nitrogens with zero attached hydrogens (tertiary/aromatic N) is 2. The van der Waals surface area contributed by atoms with Gasteiger partial charge in [-0.3, -0.25) is 0 Å². The highest BCUT2D eigenvalue weighted by molar-refractivity contribution is 5.53. The van der Waals surface area contributed by atoms with Crippen LogP contribution >= 0.6 is 0 Å². The summed E-state index contributed by atoms with van der Waals surface area (Å²) >= 11 is 0. The monoisotopic (exact) mass is 202 g/mol. The van der Waals surface area contributed by atoms with Crippen molar-refractivity contribution in [2.24, 2.45) is 0 Å². The predicted molar refractivity (Wildman–Crippen MR) is 51.2 cm³/mol. The van der Waals surface area contributed by atoms with Crippen LogP contribution in [0.5, 0.6) is 0 Å². The van der Waals surface area contributed by atoms with Crippen molar-refractivity contribution in [2.75, 3.05) is 0 Å². The first-order valence-corrected chi connectivity index (χ1v) is 4.65. The lowest BCUT2D eigenvalue weighted by molar-refractivity contribution is -0.138. The van der Waals surface area contributed by atoms with Crippen LogP contribution in [0.15, 0.2) is 23.3 Å². The van der Waals surface area contributed by atoms with Crippen LogP contribution in [-0.4, -0.2) is 18.0 Å². The number of fused-ring (bicyclic) bond motifs is 1. The minimum Gasteiger partial charge on any atom is -0.340 e. The average molecular weight is 202 g/mol. The Labute approximate surface area is 88.0 Å². The zero-order valence-corrected chi connectivity index (χ0v) is 8.52. The lowest BCUT2D eigenvalue weighted by Crippen LogP contribution is -2.22. The summed E-state index contributed by atoms with van der Waals surface area (Å²) in [6.07, 6.45) is 2.79. The van der Waals surface area contributed by atoms with E-state index >= 15 is 0 Å². The SMILES string of the molecule is CC1(C)OC2C=C(C#N)C(C#N)=CC2O1. The molecule has 0 aromatic carbocycles. The standard InChI is InChI=1S/C11H10N2O2/c1-11(2)14-9-3-7(5-12)8(6-13)4-10(9)15-11/h3-4,9-10H,1-2H3. The van der Waals surface area contributed by atoms with Gasteiger partial charge in [-0.2, -0.15) is 10.5 Å². The number of ether oxygens (including phenoxy) is 2. The van der Waals surface area contributed by atoms with Crippen molar-refractivity contribution in [3.8, 4) is 12.1 Å². The molecule has 1 aliphatic heterocycles. The van der Waals surface area contributed by atoms with Crippen molar-refractivity contribution in [1.29, 1.82) is 10.5 Å². The van der Waals surface area contributed by atoms with Gasteiger partial charge in [-0.1, -0.05) is 0 Å². The van der Waals surface area contributed by atoms with Crippen molar-refractivity contribution >= 4 is 0 Å². The van der Waals surface area contributed by atoms with Crippen LogP contribution in [0.3, 0.4) is 0 Å². The van der Waals surface area contributed by atoms with Gasteiger partial charge in [0.2, 0.25) is 0 Å². The lowest BCUT2D eigenvalue weighted by Gasteiger charge is -2.15. The molecule has 2 unspecified atom stereocenters. The Morgan fingerprint density at radius 2 is 1.47 bits per heavy atom. The van der Waals surface area contributed by atoms with Crippen molar-refractivity contribution in [3.63, 3.8) is 0 Å². The summed E-state index contributed by atoms with van der Waals surface area (Å²) in [7, 11) is 0. The van der Waals surface area contributed by atoms with Crippen LogP contribution < -0.4 is 0 Å². The molecule has 76 valence electrons. The third-order valence-electron chi connectivity index (χ3n) is 2.36. The number of rotatable bonds is 0. The van der Waals surface area contributed by atoms with Crippen LogP contribution in [-0.2, 0) is 9.47 Å². The molecule has 1 aliphatic carbocycles. The van der Waals surface area contributed by atoms with Crippen LogP contribution in [0, 0.1) is 22.7 Å². The lowest BCUT2D eigenvalue weighted by atomic mass is 9.96. The molecule has 1 heterocycles. The molecule has 2 aliphatic rings. The van der Waals surface area contributed by atoms with Crippen LogP contribution in [0.1, 0.15) is 13.8 Å². The van der Waals surface area contributed by atoms with Crippen molar-refractivity contribution in [2.45, 2.75) is 31.8 Å². The van der Waals surface area contributed by atoms with Crippen molar-refractivity contribution < 1.29 is 9.47 Å². The maximum Gasteiger partial charge on any atom is 0.164 e. The molecule has 2 rings (SSSR count). The van der Waals surface area contributed by atoms with E-state index in [1.807, 2.05) is 26.0 Å². The first kappa shape index (κ1) is 9.92. The normalized spacial score (nSPS) is 32.0. The maximum absolute atomic E-state index is 8.84. The summed E-state index contributed by atoms with van der Waals surface area (Å²) in [5, 5.41) is 17.7. The van der Waals surface area contributed by atoms with Gasteiger partial charge in [0.15, 0.2) is 5.79 Å². The largest absolute Gasteiger partial charge is 0.340 e. The van der Waals surface area contributed by atoms with Gasteiger partial charge >= 0.3 is 0 Å². The average Bonchev–Trinajstić information content (AvgIpc) is 2.48. The predicted octanol–water partition coefficient (Wildman–Crippen LogP) is 1.42. The van der Waals surface area contributed by atoms with E-state index in [9.17, 15) is 0 Å². The van der Waals surface area contributed by atoms with Gasteiger partial charge in [0.25, 0.3) is 0 Å². The maximum atomic E-state index is 8.84. The molecule has 4 heteroatoms. The van der Waals surface area contributed by atoms with E-state index in [0.717, 1.165) is 0 Å². The first-order valence-electron chi connectivity index (χ1n) is 4.65. The van der Waals surface area contributed by atoms with Crippen molar-refractivity contribution in [1.82, 2.24) is 0 Å². The van der Waals surface area contributed by atoms with Gasteiger partial charge in [0, 0.05) is 0 Å². The fourth-order valence-electron chi connectivity index (χ4n) is 1.78. The zero-order valence-electron chi connectivity index (χ0n) is 8.52. The Hall–Kier alpha value is -1.62. The summed E-state index contributed by atoms with van der Waals surface area (Å²) in [4.78, 5) is 0. The van der Waals surface area contributed by atoms with E-state index in [1.165, 1.54) is 0 Å². The van der Waals surface area contributed by atoms with Gasteiger partial charge in [-0.15, -0.1) is 0 Å². The fraction of sp³-hybridized carbons (Fsp3) is 0.455. The van der Waals surface area contributed by atoms with Crippen molar-refractivity contribution in [3.05, 3.63) is 23.3 Å². The molecule has 1 fully saturated rings. The van der Waals surface area contributed by atoms with Gasteiger partial charge in [-0.05, 0) is 26.0 Å². The molecule has 0 aromatic rings. The molecular formula is C11H10N2O2. The van der Waals surface area contributed by atoms with Gasteiger partial charge in [0.1, 0.15) is 24.3 Å². The highest BCUT2D eigenvalue weighted by atomic mass is 16.7. The third-order valence-corrected chi connectivity index (χ3v) is 2.36. The highest BCUT2D eigenvalue weighted by Crippen LogP contribution is 2.34. The molecule has 0 bridgehead atoms. The summed E-state index contributed by atoms with van der Waals surface area (Å²) < 4.78 is 11.1. The first-order chi connectivity index (χ1) is 7.05. The molecule has 0 amide bonds. The number of hydrogen-bond acceptors (Lipinski definition) is 4. The minimum atomic E-state index is -0.659. The molecule has 0 aromatic heterocycles. The number of nitriles is 2. The Morgan fingerprint density at radius 3 is 1.80 bits per heavy atom. The Bertz CT molecular complexity index is 394. The quantitative estimate of drug-likeness (QED) is 0.595. The number of hydrogen-bond donors (Lipinski definition) is 0. The van der Waals surface area contributed by atoms with E-state index in [1.54, 1.807) is 12.2 Å². The molecule has 4 nitrogen and oxygen atoms in total. The summed E-state index contributed by atoms with van der Waals surface area (Å²) in [6.45, 7) is 3.62. The third kappa shape index (κ3) is 1.66. The molecule has 0 radical (unpaired) electrons. The van der Waals surface area contributed by atoms with Crippen LogP contribution in [0.2, 0.25) is 0 Å². The Morgan fingerprint density at radius 1 is 1.07 bits per heavy atom. The second-order valence-electron chi connectivity index (χ2n) is 3.95. The second kappa shape index (κ2) is 3.20. The van der Waals surface area contributed by atoms with E-state index < -0.39 is 5.79 Å². The molecule has 1 saturated heterocycles. The second-order valence-corrected chi connectivity index (χ2v) is 3.95. The van der Waals surface area contributed by atoms with Gasteiger partial charge < -0.3 is 9.47 Å². The molecular weight excluding hydrogens is 192 g/mol. The smallest absolute Gasteiger partial charge is 0.164 e. The van der Waals surface area contributed by atoms with Crippen LogP contribution in [0.4, 0.5) is 0 Å². The van der Waals surface area contributed by atoms with E-state index in [-0.39, 0.29) is 12.2 Å². The Kier molecular flexibility index (Phi) is 2.12. The summed E-state index contributed by atoms with van der Waals surface area (Å²) in [5.74, 6) is -0.659. The van der Waals surface area contributed by atoms with E-state index in [0.29, 0.717) is 11.1 Å². The van der Waals surface area contributed by atoms with E-state index in [4.69, 9.17) is 20.0 Å². The molecule has 2 atom stereocenters. The van der Waals surface area contributed by atoms with Gasteiger partial charge in [0.05, 0.1) is 11.1 Å². The molecule has 15 heavy (non-hydrogen) atoms. The topological polar surface area (TPSA) is 66.0 Å². The fourth-order valence-corrected chi connectivity index (χ4v) is 1.78. The molecule has 0 spiro atoms. The summed E-state index contributed by atoms with van der Waals surface area (Å²) in [6, 6.07) is 3.96. The Balaban J connectivity index is 2.35. The van der Waals surface area contributed by atoms with Gasteiger partial charge in [-0.25, -0.2) is 0 Å². The molecule has 0 saturated carbocycles. The zero-order chi connectivity index (χ0) is 11.1. The highest BCUT2D eigenvalue weighted by Gasteiger charge is 2.41. The van der Waals surface area contributed by atoms with E-state index in [2.05, 4.69) is 0 Å².